The zero-order valence-corrected chi connectivity index (χ0v) is 20.3. The van der Waals surface area contributed by atoms with Crippen molar-refractivity contribution >= 4 is 34.8 Å². The Hall–Kier alpha value is -4.11. The first-order valence-electron chi connectivity index (χ1n) is 10.8. The highest BCUT2D eigenvalue weighted by atomic mass is 32.2. The zero-order chi connectivity index (χ0) is 24.8. The van der Waals surface area contributed by atoms with Gasteiger partial charge in [-0.3, -0.25) is 14.2 Å². The first kappa shape index (κ1) is 24.0. The highest BCUT2D eigenvalue weighted by Gasteiger charge is 2.16. The predicted octanol–water partition coefficient (Wildman–Crippen LogP) is 3.95. The van der Waals surface area contributed by atoms with Crippen molar-refractivity contribution in [2.75, 3.05) is 20.0 Å². The molecule has 1 N–H and O–H groups in total. The summed E-state index contributed by atoms with van der Waals surface area (Å²) in [6.07, 6.45) is 1.49. The number of carbonyl (C=O) groups is 1. The number of nitrogens with one attached hydrogen (secondary N) is 1. The molecule has 0 saturated heterocycles. The molecule has 3 aromatic carbocycles. The molecule has 4 aromatic rings. The van der Waals surface area contributed by atoms with Crippen LogP contribution in [0.5, 0.6) is 11.5 Å². The first-order chi connectivity index (χ1) is 17.0. The van der Waals surface area contributed by atoms with Crippen molar-refractivity contribution in [1.82, 2.24) is 15.0 Å². The summed E-state index contributed by atoms with van der Waals surface area (Å²) in [4.78, 5) is 30.6. The number of ether oxygens (including phenoxy) is 2. The average Bonchev–Trinajstić information content (AvgIpc) is 2.88. The lowest BCUT2D eigenvalue weighted by molar-refractivity contribution is -0.118. The first-order valence-corrected chi connectivity index (χ1v) is 11.8. The molecule has 0 aliphatic heterocycles. The SMILES string of the molecule is COc1cccc(/C=N\NC(=O)CSc2nc3ccccc3c(=O)n2-c2ccccc2C)c1OC. The molecule has 1 aromatic heterocycles. The molecule has 0 unspecified atom stereocenters. The molecule has 0 aliphatic carbocycles. The van der Waals surface area contributed by atoms with Crippen LogP contribution in [0.2, 0.25) is 0 Å². The Labute approximate surface area is 206 Å². The lowest BCUT2D eigenvalue weighted by Crippen LogP contribution is -2.24. The molecule has 8 nitrogen and oxygen atoms in total. The molecule has 4 rings (SSSR count). The van der Waals surface area contributed by atoms with Crippen molar-refractivity contribution in [1.29, 1.82) is 0 Å². The lowest BCUT2D eigenvalue weighted by atomic mass is 10.2. The van der Waals surface area contributed by atoms with Gasteiger partial charge in [0.15, 0.2) is 16.7 Å². The molecule has 35 heavy (non-hydrogen) atoms. The maximum Gasteiger partial charge on any atom is 0.266 e. The van der Waals surface area contributed by atoms with E-state index in [2.05, 4.69) is 15.5 Å². The Morgan fingerprint density at radius 1 is 1.06 bits per heavy atom. The number of fused-ring (bicyclic) bond motifs is 1. The van der Waals surface area contributed by atoms with Gasteiger partial charge in [0, 0.05) is 5.56 Å². The van der Waals surface area contributed by atoms with Crippen LogP contribution in [-0.4, -0.2) is 41.6 Å². The minimum absolute atomic E-state index is 0.0171. The normalized spacial score (nSPS) is 11.1. The molecular formula is C26H24N4O4S. The summed E-state index contributed by atoms with van der Waals surface area (Å²) in [5.74, 6) is 0.759. The van der Waals surface area contributed by atoms with Crippen molar-refractivity contribution in [3.8, 4) is 17.2 Å². The van der Waals surface area contributed by atoms with E-state index in [-0.39, 0.29) is 17.2 Å². The number of hydrogen-bond donors (Lipinski definition) is 1. The van der Waals surface area contributed by atoms with Crippen LogP contribution >= 0.6 is 11.8 Å². The fraction of sp³-hybridized carbons (Fsp3) is 0.154. The molecule has 0 spiro atoms. The molecule has 0 aliphatic rings. The van der Waals surface area contributed by atoms with E-state index in [1.807, 2.05) is 43.3 Å². The number of nitrogens with zero attached hydrogens (tertiary/aromatic N) is 3. The second kappa shape index (κ2) is 10.9. The summed E-state index contributed by atoms with van der Waals surface area (Å²) in [6, 6.07) is 20.1. The highest BCUT2D eigenvalue weighted by Crippen LogP contribution is 2.29. The minimum Gasteiger partial charge on any atom is -0.493 e. The van der Waals surface area contributed by atoms with E-state index in [0.717, 1.165) is 11.3 Å². The summed E-state index contributed by atoms with van der Waals surface area (Å²) in [5, 5.41) is 4.98. The number of hydrazone groups is 1. The number of thioether (sulfide) groups is 1. The molecule has 0 saturated carbocycles. The number of rotatable bonds is 8. The zero-order valence-electron chi connectivity index (χ0n) is 19.5. The molecular weight excluding hydrogens is 464 g/mol. The summed E-state index contributed by atoms with van der Waals surface area (Å²) >= 11 is 1.17. The van der Waals surface area contributed by atoms with Crippen LogP contribution in [0.15, 0.2) is 81.8 Å². The third kappa shape index (κ3) is 5.20. The fourth-order valence-corrected chi connectivity index (χ4v) is 4.38. The van der Waals surface area contributed by atoms with Gasteiger partial charge in [-0.2, -0.15) is 5.10 Å². The van der Waals surface area contributed by atoms with Crippen molar-refractivity contribution in [2.24, 2.45) is 5.10 Å². The van der Waals surface area contributed by atoms with Crippen LogP contribution in [0.25, 0.3) is 16.6 Å². The molecule has 0 radical (unpaired) electrons. The Morgan fingerprint density at radius 3 is 2.60 bits per heavy atom. The quantitative estimate of drug-likeness (QED) is 0.175. The number of para-hydroxylation sites is 3. The van der Waals surface area contributed by atoms with E-state index in [0.29, 0.717) is 33.1 Å². The van der Waals surface area contributed by atoms with Gasteiger partial charge in [0.2, 0.25) is 0 Å². The topological polar surface area (TPSA) is 94.8 Å². The van der Waals surface area contributed by atoms with E-state index >= 15 is 0 Å². The number of aryl methyl sites for hydroxylation is 1. The Balaban J connectivity index is 1.56. The van der Waals surface area contributed by atoms with Gasteiger partial charge in [-0.25, -0.2) is 10.4 Å². The largest absolute Gasteiger partial charge is 0.493 e. The molecule has 1 amide bonds. The number of aromatic nitrogens is 2. The smallest absolute Gasteiger partial charge is 0.266 e. The molecule has 0 fully saturated rings. The van der Waals surface area contributed by atoms with Gasteiger partial charge in [-0.15, -0.1) is 0 Å². The van der Waals surface area contributed by atoms with Crippen LogP contribution < -0.4 is 20.5 Å². The van der Waals surface area contributed by atoms with E-state index in [1.54, 1.807) is 42.0 Å². The van der Waals surface area contributed by atoms with E-state index < -0.39 is 0 Å². The van der Waals surface area contributed by atoms with Crippen LogP contribution in [0.3, 0.4) is 0 Å². The average molecular weight is 489 g/mol. The van der Waals surface area contributed by atoms with E-state index in [1.165, 1.54) is 25.1 Å². The van der Waals surface area contributed by atoms with Gasteiger partial charge in [0.05, 0.1) is 42.8 Å². The maximum absolute atomic E-state index is 13.4. The molecule has 178 valence electrons. The van der Waals surface area contributed by atoms with Crippen LogP contribution in [0, 0.1) is 6.92 Å². The Bertz CT molecular complexity index is 1470. The number of carbonyl (C=O) groups excluding carboxylic acids is 1. The Morgan fingerprint density at radius 2 is 1.83 bits per heavy atom. The molecule has 0 bridgehead atoms. The predicted molar refractivity (Wildman–Crippen MR) is 138 cm³/mol. The third-order valence-electron chi connectivity index (χ3n) is 5.26. The van der Waals surface area contributed by atoms with Crippen LogP contribution in [-0.2, 0) is 4.79 Å². The van der Waals surface area contributed by atoms with Crippen molar-refractivity contribution in [2.45, 2.75) is 12.1 Å². The summed E-state index contributed by atoms with van der Waals surface area (Å²) in [7, 11) is 3.09. The summed E-state index contributed by atoms with van der Waals surface area (Å²) in [5.41, 5.74) is 5.21. The number of amides is 1. The number of hydrogen-bond acceptors (Lipinski definition) is 7. The minimum atomic E-state index is -0.341. The molecule has 9 heteroatoms. The standard InChI is InChI=1S/C26H24N4O4S/c1-17-9-4-7-13-21(17)30-25(32)19-11-5-6-12-20(19)28-26(30)35-16-23(31)29-27-15-18-10-8-14-22(33-2)24(18)34-3/h4-15H,16H2,1-3H3,(H,29,31)/b27-15-. The number of methoxy groups -OCH3 is 2. The van der Waals surface area contributed by atoms with E-state index in [4.69, 9.17) is 9.47 Å². The van der Waals surface area contributed by atoms with Gasteiger partial charge >= 0.3 is 0 Å². The maximum atomic E-state index is 13.4. The van der Waals surface area contributed by atoms with Crippen LogP contribution in [0.4, 0.5) is 0 Å². The second-order valence-corrected chi connectivity index (χ2v) is 8.45. The van der Waals surface area contributed by atoms with Gasteiger partial charge < -0.3 is 9.47 Å². The van der Waals surface area contributed by atoms with Crippen molar-refractivity contribution in [3.63, 3.8) is 0 Å². The molecule has 0 atom stereocenters. The fourth-order valence-electron chi connectivity index (χ4n) is 3.59. The van der Waals surface area contributed by atoms with Gasteiger partial charge in [0.1, 0.15) is 0 Å². The van der Waals surface area contributed by atoms with Crippen molar-refractivity contribution < 1.29 is 14.3 Å². The monoisotopic (exact) mass is 488 g/mol. The van der Waals surface area contributed by atoms with Crippen LogP contribution in [0.1, 0.15) is 11.1 Å². The van der Waals surface area contributed by atoms with Crippen molar-refractivity contribution in [3.05, 3.63) is 88.2 Å². The summed E-state index contributed by atoms with van der Waals surface area (Å²) < 4.78 is 12.2. The van der Waals surface area contributed by atoms with E-state index in [9.17, 15) is 9.59 Å². The third-order valence-corrected chi connectivity index (χ3v) is 6.20. The molecule has 1 heterocycles. The Kier molecular flexibility index (Phi) is 7.47. The second-order valence-electron chi connectivity index (χ2n) is 7.50. The van der Waals surface area contributed by atoms with Gasteiger partial charge in [-0.1, -0.05) is 48.2 Å². The van der Waals surface area contributed by atoms with Gasteiger partial charge in [0.25, 0.3) is 11.5 Å². The lowest BCUT2D eigenvalue weighted by Gasteiger charge is -2.14. The van der Waals surface area contributed by atoms with Gasteiger partial charge in [-0.05, 0) is 42.8 Å². The highest BCUT2D eigenvalue weighted by molar-refractivity contribution is 7.99. The summed E-state index contributed by atoms with van der Waals surface area (Å²) in [6.45, 7) is 1.93. The number of benzene rings is 3.